The number of ether oxygens (including phenoxy) is 1. The number of hydrogen-bond donors (Lipinski definition) is 1. The standard InChI is InChI=1S/C16H20N2O4.C14H18N2O3.2C14H16N2O3.CH4.B.Li.H/c1-2-21-15(19)14-9-8-13-10-17(14)16(20)18(13)22-11-12-6-4-3-5-7-12;3*17-9-13-7-6-12-8-15(13)14(18)16(12)19-10-11-4-2-1-3-5-11;;;;/h3-7,13-14H,2,8-11H2,1H3;1-5,12-13,17H,6-10H2;2*1-5,9,12-13H,6-8,10H2;1H4;;;/q;;;;;;+1;-1/t13-,14+;3*12-,13+;;;;/m1111..../s1. The van der Waals surface area contributed by atoms with Gasteiger partial charge in [-0.25, -0.2) is 24.0 Å². The maximum Gasteiger partial charge on any atom is 1.00 e. The van der Waals surface area contributed by atoms with Crippen LogP contribution in [-0.4, -0.2) is 184 Å². The van der Waals surface area contributed by atoms with Crippen LogP contribution >= 0.6 is 0 Å². The first-order valence-corrected chi connectivity index (χ1v) is 27.3. The minimum atomic E-state index is -0.478. The van der Waals surface area contributed by atoms with Crippen molar-refractivity contribution in [3.05, 3.63) is 144 Å². The molecule has 0 aromatic heterocycles. The van der Waals surface area contributed by atoms with Crippen LogP contribution < -0.4 is 18.9 Å². The van der Waals surface area contributed by atoms with E-state index >= 15 is 0 Å². The second kappa shape index (κ2) is 31.0. The first-order chi connectivity index (χ1) is 38.6. The summed E-state index contributed by atoms with van der Waals surface area (Å²) in [5, 5.41) is 15.1. The predicted octanol–water partition coefficient (Wildman–Crippen LogP) is 3.87. The van der Waals surface area contributed by atoms with Crippen molar-refractivity contribution in [2.75, 3.05) is 39.4 Å². The Morgan fingerprint density at radius 1 is 0.488 bits per heavy atom. The van der Waals surface area contributed by atoms with Crippen LogP contribution in [0.3, 0.4) is 0 Å². The van der Waals surface area contributed by atoms with E-state index in [0.717, 1.165) is 79.8 Å². The Hall–Kier alpha value is -6.77. The van der Waals surface area contributed by atoms with E-state index in [4.69, 9.17) is 24.1 Å². The Labute approximate surface area is 495 Å². The van der Waals surface area contributed by atoms with Crippen molar-refractivity contribution < 1.29 is 83.0 Å². The SMILES string of the molecule is C.CCOC(=O)[C@@H]1CC[C@@H]2CN1C(=O)N2OCc1ccccc1.O=C1N2C[C@@H](CC[C@H]2CO)N1OCc1ccccc1.O=C[C@@H]1CC[C@@H]2CN1C(=O)N2OCc1ccccc1.O=C[C@@H]1CC[C@@H]2CN1C(=O)N2OCc1ccccc1.[B].[H-].[Li+]. The number of benzene rings is 4. The molecular weight excluding hydrogens is 1050 g/mol. The Morgan fingerprint density at radius 2 is 0.793 bits per heavy atom. The second-order valence-corrected chi connectivity index (χ2v) is 20.5. The zero-order valence-electron chi connectivity index (χ0n) is 47.0. The number of carbonyl (C=O) groups excluding carboxylic acids is 7. The van der Waals surface area contributed by atoms with Crippen molar-refractivity contribution in [1.29, 1.82) is 0 Å². The third kappa shape index (κ3) is 15.3. The van der Waals surface area contributed by atoms with Gasteiger partial charge in [-0.1, -0.05) is 129 Å². The minimum absolute atomic E-state index is 0. The molecule has 4 aromatic carbocycles. The number of urea groups is 4. The van der Waals surface area contributed by atoms with Gasteiger partial charge in [-0.2, -0.15) is 20.3 Å². The van der Waals surface area contributed by atoms with Crippen LogP contribution in [0.2, 0.25) is 0 Å². The topological polar surface area (TPSA) is 212 Å². The van der Waals surface area contributed by atoms with Crippen LogP contribution in [0.5, 0.6) is 0 Å². The van der Waals surface area contributed by atoms with Crippen LogP contribution in [0, 0.1) is 0 Å². The monoisotopic (exact) mass is 1120 g/mol. The van der Waals surface area contributed by atoms with Crippen LogP contribution in [0.25, 0.3) is 0 Å². The van der Waals surface area contributed by atoms with Gasteiger partial charge >= 0.3 is 49.0 Å². The first-order valence-electron chi connectivity index (χ1n) is 27.3. The van der Waals surface area contributed by atoms with E-state index in [1.54, 1.807) is 26.5 Å². The Kier molecular flexibility index (Phi) is 24.4. The number of esters is 1. The maximum absolute atomic E-state index is 12.4. The van der Waals surface area contributed by atoms with Gasteiger partial charge in [0.2, 0.25) is 0 Å². The number of piperidine rings is 4. The van der Waals surface area contributed by atoms with Crippen LogP contribution in [0.4, 0.5) is 19.2 Å². The summed E-state index contributed by atoms with van der Waals surface area (Å²) < 4.78 is 5.05. The fraction of sp³-hybridized carbons (Fsp3) is 0.475. The van der Waals surface area contributed by atoms with Crippen molar-refractivity contribution in [2.24, 2.45) is 0 Å². The quantitative estimate of drug-likeness (QED) is 0.0906. The first kappa shape index (κ1) is 64.4. The Balaban J connectivity index is 0.000000200. The molecule has 433 valence electrons. The Bertz CT molecular complexity index is 2610. The van der Waals surface area contributed by atoms with Gasteiger partial charge in [-0.05, 0) is 80.5 Å². The number of hydroxylamine groups is 8. The van der Waals surface area contributed by atoms with Gasteiger partial charge < -0.3 is 40.5 Å². The Morgan fingerprint density at radius 3 is 1.13 bits per heavy atom. The number of nitrogens with zero attached hydrogens (tertiary/aromatic N) is 8. The molecule has 8 aliphatic rings. The second-order valence-electron chi connectivity index (χ2n) is 20.5. The van der Waals surface area contributed by atoms with Crippen LogP contribution in [-0.2, 0) is 64.9 Å². The zero-order chi connectivity index (χ0) is 55.3. The molecule has 8 saturated heterocycles. The average molecular weight is 1120 g/mol. The van der Waals surface area contributed by atoms with Gasteiger partial charge in [0.05, 0.1) is 55.5 Å². The summed E-state index contributed by atoms with van der Waals surface area (Å²) in [4.78, 5) is 112. The summed E-state index contributed by atoms with van der Waals surface area (Å²) in [5.74, 6) is -0.320. The average Bonchev–Trinajstić information content (AvgIpc) is 4.17. The van der Waals surface area contributed by atoms with Crippen molar-refractivity contribution in [3.63, 3.8) is 0 Å². The molecule has 4 aromatic rings. The minimum Gasteiger partial charge on any atom is -1.00 e. The molecule has 8 bridgehead atoms. The van der Waals surface area contributed by atoms with Crippen molar-refractivity contribution >= 4 is 51.1 Å². The number of aldehydes is 2. The van der Waals surface area contributed by atoms with Gasteiger partial charge in [0, 0.05) is 34.6 Å². The largest absolute Gasteiger partial charge is 1.00 e. The maximum atomic E-state index is 12.4. The molecule has 0 aliphatic carbocycles. The molecule has 1 N–H and O–H groups in total. The number of hydrogen-bond acceptors (Lipinski definition) is 13. The zero-order valence-corrected chi connectivity index (χ0v) is 46.0. The van der Waals surface area contributed by atoms with E-state index in [1.165, 1.54) is 20.3 Å². The van der Waals surface area contributed by atoms with Crippen LogP contribution in [0.15, 0.2) is 121 Å². The number of fused-ring (bicyclic) bond motifs is 8. The third-order valence-electron chi connectivity index (χ3n) is 15.4. The van der Waals surface area contributed by atoms with E-state index in [9.17, 15) is 38.7 Å². The molecule has 82 heavy (non-hydrogen) atoms. The third-order valence-corrected chi connectivity index (χ3v) is 15.4. The molecule has 0 saturated carbocycles. The molecule has 21 nitrogen and oxygen atoms in total. The predicted molar refractivity (Wildman–Crippen MR) is 297 cm³/mol. The molecule has 23 heteroatoms. The number of carbonyl (C=O) groups is 7. The smallest absolute Gasteiger partial charge is 1.00 e. The summed E-state index contributed by atoms with van der Waals surface area (Å²) >= 11 is 0. The normalized spacial score (nSPS) is 24.4. The summed E-state index contributed by atoms with van der Waals surface area (Å²) in [6.07, 6.45) is 7.92. The molecule has 12 rings (SSSR count). The summed E-state index contributed by atoms with van der Waals surface area (Å²) in [7, 11) is 0. The number of aliphatic hydroxyl groups is 1. The molecule has 0 spiro atoms. The van der Waals surface area contributed by atoms with E-state index in [-0.39, 0.29) is 115 Å². The number of rotatable bonds is 17. The summed E-state index contributed by atoms with van der Waals surface area (Å²) in [6, 6.07) is 37.5. The van der Waals surface area contributed by atoms with Gasteiger partial charge in [0.1, 0.15) is 45.0 Å². The van der Waals surface area contributed by atoms with E-state index in [2.05, 4.69) is 0 Å². The van der Waals surface area contributed by atoms with E-state index < -0.39 is 6.04 Å². The summed E-state index contributed by atoms with van der Waals surface area (Å²) in [6.45, 7) is 6.02. The fourth-order valence-corrected chi connectivity index (χ4v) is 11.2. The molecule has 0 unspecified atom stereocenters. The van der Waals surface area contributed by atoms with Gasteiger partial charge in [0.15, 0.2) is 0 Å². The van der Waals surface area contributed by atoms with Gasteiger partial charge in [-0.3, -0.25) is 19.4 Å². The van der Waals surface area contributed by atoms with Crippen LogP contribution in [0.1, 0.15) is 89.4 Å². The molecule has 8 amide bonds. The van der Waals surface area contributed by atoms with Crippen molar-refractivity contribution in [3.8, 4) is 0 Å². The fourth-order valence-electron chi connectivity index (χ4n) is 11.2. The van der Waals surface area contributed by atoms with E-state index in [0.29, 0.717) is 65.6 Å². The molecule has 8 fully saturated rings. The molecular formula is C59H75BLiN8O13. The molecule has 8 heterocycles. The molecule has 8 aliphatic heterocycles. The van der Waals surface area contributed by atoms with Gasteiger partial charge in [-0.15, -0.1) is 0 Å². The molecule has 3 radical (unpaired) electrons. The van der Waals surface area contributed by atoms with Gasteiger partial charge in [0.25, 0.3) is 0 Å². The summed E-state index contributed by atoms with van der Waals surface area (Å²) in [5.41, 5.74) is 4.11. The molecule has 8 atom stereocenters. The van der Waals surface area contributed by atoms with E-state index in [1.807, 2.05) is 121 Å². The number of aliphatic hydroxyl groups excluding tert-OH is 1. The van der Waals surface area contributed by atoms with Crippen molar-refractivity contribution in [1.82, 2.24) is 39.9 Å². The number of amides is 8. The van der Waals surface area contributed by atoms with Crippen molar-refractivity contribution in [2.45, 2.75) is 140 Å².